The van der Waals surface area contributed by atoms with Gasteiger partial charge in [-0.05, 0) is 6.42 Å². The number of hydrogen-bond donors (Lipinski definition) is 1. The van der Waals surface area contributed by atoms with Crippen molar-refractivity contribution in [3.8, 4) is 0 Å². The Morgan fingerprint density at radius 2 is 1.42 bits per heavy atom. The molecule has 0 amide bonds. The highest BCUT2D eigenvalue weighted by Crippen LogP contribution is 2.18. The van der Waals surface area contributed by atoms with Crippen LogP contribution in [-0.4, -0.2) is 40.5 Å². The molecule has 0 aliphatic carbocycles. The van der Waals surface area contributed by atoms with Crippen LogP contribution in [0.4, 0.5) is 0 Å². The first kappa shape index (κ1) is 22.0. The molecule has 0 radical (unpaired) electrons. The molecule has 0 saturated carbocycles. The third-order valence-corrected chi connectivity index (χ3v) is 5.46. The molecule has 0 aromatic heterocycles. The summed E-state index contributed by atoms with van der Waals surface area (Å²) >= 11 is 3.49. The van der Waals surface area contributed by atoms with Crippen molar-refractivity contribution in [1.82, 2.24) is 4.90 Å². The van der Waals surface area contributed by atoms with E-state index in [1.807, 2.05) is 7.05 Å². The smallest absolute Gasteiger partial charge is 0.129 e. The monoisotopic (exact) mass is 402 g/mol. The Kier molecular flexibility index (Phi) is 12.9. The van der Waals surface area contributed by atoms with Gasteiger partial charge in [0.25, 0.3) is 0 Å². The predicted octanol–water partition coefficient (Wildman–Crippen LogP) is 5.89. The molecule has 142 valence electrons. The fourth-order valence-corrected chi connectivity index (χ4v) is 4.07. The molecule has 2 atom stereocenters. The molecule has 0 bridgehead atoms. The van der Waals surface area contributed by atoms with Gasteiger partial charge in [-0.3, -0.25) is 4.99 Å². The van der Waals surface area contributed by atoms with Gasteiger partial charge in [0.1, 0.15) is 16.9 Å². The van der Waals surface area contributed by atoms with Gasteiger partial charge in [-0.1, -0.05) is 106 Å². The van der Waals surface area contributed by atoms with Crippen molar-refractivity contribution < 1.29 is 5.11 Å². The van der Waals surface area contributed by atoms with Crippen molar-refractivity contribution in [2.75, 3.05) is 13.6 Å². The highest BCUT2D eigenvalue weighted by atomic mass is 79.9. The van der Waals surface area contributed by atoms with E-state index in [2.05, 4.69) is 32.7 Å². The molecule has 0 aromatic carbocycles. The molecule has 0 aromatic rings. The zero-order valence-electron chi connectivity index (χ0n) is 16.0. The number of hydrogen-bond acceptors (Lipinski definition) is 3. The van der Waals surface area contributed by atoms with Crippen molar-refractivity contribution in [1.29, 1.82) is 0 Å². The molecule has 1 N–H and O–H groups in total. The van der Waals surface area contributed by atoms with E-state index in [9.17, 15) is 5.11 Å². The Balaban J connectivity index is 1.85. The quantitative estimate of drug-likeness (QED) is 0.210. The van der Waals surface area contributed by atoms with Crippen molar-refractivity contribution in [2.45, 2.75) is 108 Å². The van der Waals surface area contributed by atoms with Crippen molar-refractivity contribution in [2.24, 2.45) is 4.99 Å². The fraction of sp³-hybridized carbons (Fsp3) is 0.950. The van der Waals surface area contributed by atoms with Crippen LogP contribution >= 0.6 is 15.9 Å². The number of likely N-dealkylation sites (N-methyl/N-ethyl adjacent to an activating group) is 1. The van der Waals surface area contributed by atoms with Crippen molar-refractivity contribution in [3.05, 3.63) is 0 Å². The molecule has 1 rings (SSSR count). The van der Waals surface area contributed by atoms with E-state index in [0.717, 1.165) is 25.2 Å². The maximum Gasteiger partial charge on any atom is 0.129 e. The lowest BCUT2D eigenvalue weighted by Crippen LogP contribution is -2.33. The molecule has 2 unspecified atom stereocenters. The molecular formula is C20H39BrN2O. The first-order chi connectivity index (χ1) is 11.6. The highest BCUT2D eigenvalue weighted by molar-refractivity contribution is 9.09. The Bertz CT molecular complexity index is 336. The first-order valence-corrected chi connectivity index (χ1v) is 11.2. The lowest BCUT2D eigenvalue weighted by molar-refractivity contribution is 0.213. The van der Waals surface area contributed by atoms with Crippen LogP contribution in [-0.2, 0) is 0 Å². The number of rotatable bonds is 15. The SMILES string of the molecule is CCCCCCCCCCCCCCCC(O)C1=NC(Br)CN1C. The van der Waals surface area contributed by atoms with Gasteiger partial charge in [0.05, 0.1) is 6.54 Å². The molecule has 0 saturated heterocycles. The van der Waals surface area contributed by atoms with Gasteiger partial charge < -0.3 is 10.0 Å². The largest absolute Gasteiger partial charge is 0.385 e. The third-order valence-electron chi connectivity index (χ3n) is 4.97. The summed E-state index contributed by atoms with van der Waals surface area (Å²) < 4.78 is 0. The lowest BCUT2D eigenvalue weighted by Gasteiger charge is -2.18. The molecule has 24 heavy (non-hydrogen) atoms. The summed E-state index contributed by atoms with van der Waals surface area (Å²) in [6.45, 7) is 3.14. The standard InChI is InChI=1S/C20H39BrN2O/c1-3-4-5-6-7-8-9-10-11-12-13-14-15-16-18(24)20-22-19(21)17-23(20)2/h18-19,24H,3-17H2,1-2H3. The number of unbranched alkanes of at least 4 members (excludes halogenated alkanes) is 12. The van der Waals surface area contributed by atoms with E-state index < -0.39 is 0 Å². The Morgan fingerprint density at radius 3 is 1.83 bits per heavy atom. The summed E-state index contributed by atoms with van der Waals surface area (Å²) in [5, 5.41) is 10.2. The summed E-state index contributed by atoms with van der Waals surface area (Å²) in [5.41, 5.74) is 0. The zero-order valence-corrected chi connectivity index (χ0v) is 17.6. The second kappa shape index (κ2) is 14.1. The Hall–Kier alpha value is -0.0900. The molecule has 3 nitrogen and oxygen atoms in total. The molecule has 0 spiro atoms. The summed E-state index contributed by atoms with van der Waals surface area (Å²) in [5.74, 6) is 0.857. The van der Waals surface area contributed by atoms with Crippen LogP contribution in [0.3, 0.4) is 0 Å². The second-order valence-corrected chi connectivity index (χ2v) is 8.41. The van der Waals surface area contributed by atoms with Crippen LogP contribution in [0.5, 0.6) is 0 Å². The number of nitrogens with zero attached hydrogens (tertiary/aromatic N) is 2. The number of aliphatic hydroxyl groups excluding tert-OH is 1. The number of amidine groups is 1. The van der Waals surface area contributed by atoms with Gasteiger partial charge in [-0.15, -0.1) is 0 Å². The van der Waals surface area contributed by atoms with E-state index in [1.54, 1.807) is 0 Å². The molecule has 1 aliphatic heterocycles. The highest BCUT2D eigenvalue weighted by Gasteiger charge is 2.25. The second-order valence-electron chi connectivity index (χ2n) is 7.35. The van der Waals surface area contributed by atoms with E-state index >= 15 is 0 Å². The van der Waals surface area contributed by atoms with E-state index in [-0.39, 0.29) is 11.1 Å². The molecule has 4 heteroatoms. The number of halogens is 1. The zero-order chi connectivity index (χ0) is 17.6. The van der Waals surface area contributed by atoms with Crippen LogP contribution in [0.25, 0.3) is 0 Å². The summed E-state index contributed by atoms with van der Waals surface area (Å²) in [6, 6.07) is 0. The number of aliphatic hydroxyl groups is 1. The molecule has 1 heterocycles. The maximum atomic E-state index is 10.2. The van der Waals surface area contributed by atoms with Crippen LogP contribution < -0.4 is 0 Å². The van der Waals surface area contributed by atoms with Gasteiger partial charge in [0.15, 0.2) is 0 Å². The average molecular weight is 403 g/mol. The van der Waals surface area contributed by atoms with Crippen molar-refractivity contribution in [3.63, 3.8) is 0 Å². The average Bonchev–Trinajstić information content (AvgIpc) is 2.90. The van der Waals surface area contributed by atoms with E-state index in [0.29, 0.717) is 0 Å². The van der Waals surface area contributed by atoms with Gasteiger partial charge in [0, 0.05) is 7.05 Å². The van der Waals surface area contributed by atoms with Gasteiger partial charge in [-0.2, -0.15) is 0 Å². The van der Waals surface area contributed by atoms with Crippen LogP contribution in [0.15, 0.2) is 4.99 Å². The summed E-state index contributed by atoms with van der Waals surface area (Å²) in [4.78, 5) is 6.67. The van der Waals surface area contributed by atoms with Gasteiger partial charge >= 0.3 is 0 Å². The number of aliphatic imine (C=N–C) groups is 1. The van der Waals surface area contributed by atoms with E-state index in [4.69, 9.17) is 0 Å². The molecular weight excluding hydrogens is 364 g/mol. The normalized spacial score (nSPS) is 18.9. The predicted molar refractivity (Wildman–Crippen MR) is 109 cm³/mol. The summed E-state index contributed by atoms with van der Waals surface area (Å²) in [6.07, 6.45) is 18.2. The molecule has 1 aliphatic rings. The lowest BCUT2D eigenvalue weighted by atomic mass is 10.0. The first-order valence-electron chi connectivity index (χ1n) is 10.3. The topological polar surface area (TPSA) is 35.8 Å². The van der Waals surface area contributed by atoms with Crippen LogP contribution in [0.1, 0.15) is 96.8 Å². The third kappa shape index (κ3) is 10.0. The molecule has 0 fully saturated rings. The number of alkyl halides is 1. The summed E-state index contributed by atoms with van der Waals surface area (Å²) in [7, 11) is 2.01. The van der Waals surface area contributed by atoms with Crippen LogP contribution in [0, 0.1) is 0 Å². The Morgan fingerprint density at radius 1 is 0.958 bits per heavy atom. The fourth-order valence-electron chi connectivity index (χ4n) is 3.43. The van der Waals surface area contributed by atoms with Crippen LogP contribution in [0.2, 0.25) is 0 Å². The Labute approximate surface area is 158 Å². The minimum atomic E-state index is -0.384. The minimum absolute atomic E-state index is 0.152. The van der Waals surface area contributed by atoms with Gasteiger partial charge in [-0.25, -0.2) is 0 Å². The minimum Gasteiger partial charge on any atom is -0.385 e. The van der Waals surface area contributed by atoms with E-state index in [1.165, 1.54) is 77.0 Å². The maximum absolute atomic E-state index is 10.2. The van der Waals surface area contributed by atoms with Crippen molar-refractivity contribution >= 4 is 21.8 Å². The van der Waals surface area contributed by atoms with Gasteiger partial charge in [0.2, 0.25) is 0 Å².